The van der Waals surface area contributed by atoms with Gasteiger partial charge in [-0.05, 0) is 50.1 Å². The highest BCUT2D eigenvalue weighted by molar-refractivity contribution is 5.89. The maximum atomic E-state index is 12.3. The molecule has 0 radical (unpaired) electrons. The number of carbonyl (C=O) groups excluding carboxylic acids is 1. The van der Waals surface area contributed by atoms with Gasteiger partial charge in [0.1, 0.15) is 23.5 Å². The summed E-state index contributed by atoms with van der Waals surface area (Å²) in [5, 5.41) is 9.31. The Hall–Kier alpha value is -3.09. The van der Waals surface area contributed by atoms with Crippen molar-refractivity contribution >= 4 is 11.9 Å². The average molecular weight is 359 g/mol. The molecule has 138 valence electrons. The Bertz CT molecular complexity index is 874. The summed E-state index contributed by atoms with van der Waals surface area (Å²) in [5.74, 6) is -1.33. The molecule has 0 atom stereocenters. The summed E-state index contributed by atoms with van der Waals surface area (Å²) in [6, 6.07) is 8.21. The summed E-state index contributed by atoms with van der Waals surface area (Å²) in [6.45, 7) is 4.76. The molecule has 0 spiro atoms. The van der Waals surface area contributed by atoms with Crippen molar-refractivity contribution in [2.75, 3.05) is 7.11 Å². The highest BCUT2D eigenvalue weighted by Crippen LogP contribution is 2.22. The maximum absolute atomic E-state index is 12.3. The number of ether oxygens (including phenoxy) is 2. The van der Waals surface area contributed by atoms with Gasteiger partial charge in [0.25, 0.3) is 5.56 Å². The molecule has 0 aliphatic carbocycles. The largest absolute Gasteiger partial charge is 0.497 e. The van der Waals surface area contributed by atoms with Crippen LogP contribution in [0.25, 0.3) is 11.1 Å². The Labute approximate surface area is 150 Å². The van der Waals surface area contributed by atoms with Crippen LogP contribution in [0.4, 0.5) is 0 Å². The van der Waals surface area contributed by atoms with Gasteiger partial charge in [0, 0.05) is 6.20 Å². The van der Waals surface area contributed by atoms with Gasteiger partial charge in [0.2, 0.25) is 0 Å². The molecule has 7 nitrogen and oxygen atoms in total. The van der Waals surface area contributed by atoms with Crippen molar-refractivity contribution in [1.82, 2.24) is 4.57 Å². The zero-order valence-corrected chi connectivity index (χ0v) is 15.1. The van der Waals surface area contributed by atoms with Crippen LogP contribution >= 0.6 is 0 Å². The van der Waals surface area contributed by atoms with Gasteiger partial charge in [0.15, 0.2) is 0 Å². The van der Waals surface area contributed by atoms with Gasteiger partial charge in [-0.15, -0.1) is 0 Å². The summed E-state index contributed by atoms with van der Waals surface area (Å²) in [6.07, 6.45) is 1.44. The number of aromatic nitrogens is 1. The number of rotatable bonds is 5. The van der Waals surface area contributed by atoms with Crippen LogP contribution in [0.15, 0.2) is 41.3 Å². The number of carboxylic acids is 1. The number of esters is 1. The lowest BCUT2D eigenvalue weighted by Crippen LogP contribution is -2.32. The topological polar surface area (TPSA) is 94.8 Å². The molecule has 0 fully saturated rings. The molecule has 1 aromatic carbocycles. The second-order valence-electron chi connectivity index (χ2n) is 6.70. The van der Waals surface area contributed by atoms with Crippen molar-refractivity contribution in [2.45, 2.75) is 32.9 Å². The number of pyridine rings is 1. The van der Waals surface area contributed by atoms with Crippen LogP contribution in [0.1, 0.15) is 31.1 Å². The first-order valence-corrected chi connectivity index (χ1v) is 7.95. The predicted molar refractivity (Wildman–Crippen MR) is 95.5 cm³/mol. The molecule has 1 N–H and O–H groups in total. The predicted octanol–water partition coefficient (Wildman–Crippen LogP) is 2.56. The number of methoxy groups -OCH3 is 1. The fourth-order valence-corrected chi connectivity index (χ4v) is 2.36. The Balaban J connectivity index is 2.47. The van der Waals surface area contributed by atoms with E-state index >= 15 is 0 Å². The highest BCUT2D eigenvalue weighted by Gasteiger charge is 2.20. The second-order valence-corrected chi connectivity index (χ2v) is 6.70. The summed E-state index contributed by atoms with van der Waals surface area (Å²) >= 11 is 0. The van der Waals surface area contributed by atoms with Crippen molar-refractivity contribution in [3.63, 3.8) is 0 Å². The third kappa shape index (κ3) is 4.72. The first-order valence-electron chi connectivity index (χ1n) is 7.95. The minimum atomic E-state index is -1.36. The van der Waals surface area contributed by atoms with Gasteiger partial charge in [-0.2, -0.15) is 0 Å². The fourth-order valence-electron chi connectivity index (χ4n) is 2.36. The molecule has 26 heavy (non-hydrogen) atoms. The first-order chi connectivity index (χ1) is 12.1. The van der Waals surface area contributed by atoms with Crippen LogP contribution in [0.3, 0.4) is 0 Å². The lowest BCUT2D eigenvalue weighted by molar-refractivity contribution is -0.155. The standard InChI is InChI=1S/C19H21NO6/c1-19(2,3)26-16(21)11-20-10-13(9-15(17(20)22)18(23)24)12-5-7-14(25-4)8-6-12/h5-10H,11H2,1-4H3,(H,23,24). The molecule has 0 amide bonds. The molecule has 0 aliphatic rings. The molecule has 1 aromatic heterocycles. The molecule has 0 unspecified atom stereocenters. The van der Waals surface area contributed by atoms with Gasteiger partial charge >= 0.3 is 11.9 Å². The van der Waals surface area contributed by atoms with E-state index in [-0.39, 0.29) is 6.54 Å². The van der Waals surface area contributed by atoms with Gasteiger partial charge in [-0.25, -0.2) is 4.79 Å². The summed E-state index contributed by atoms with van der Waals surface area (Å²) in [4.78, 5) is 35.8. The molecule has 0 aliphatic heterocycles. The zero-order chi connectivity index (χ0) is 19.5. The van der Waals surface area contributed by atoms with E-state index in [1.54, 1.807) is 52.1 Å². The number of benzene rings is 1. The van der Waals surface area contributed by atoms with Gasteiger partial charge in [0.05, 0.1) is 7.11 Å². The monoisotopic (exact) mass is 359 g/mol. The molecule has 0 bridgehead atoms. The summed E-state index contributed by atoms with van der Waals surface area (Å²) in [7, 11) is 1.54. The Morgan fingerprint density at radius 3 is 2.23 bits per heavy atom. The quantitative estimate of drug-likeness (QED) is 0.825. The van der Waals surface area contributed by atoms with Gasteiger partial charge < -0.3 is 19.1 Å². The molecule has 2 aromatic rings. The van der Waals surface area contributed by atoms with E-state index in [0.717, 1.165) is 4.57 Å². The molecule has 7 heteroatoms. The summed E-state index contributed by atoms with van der Waals surface area (Å²) in [5.41, 5.74) is -0.703. The highest BCUT2D eigenvalue weighted by atomic mass is 16.6. The number of carbonyl (C=O) groups is 2. The molecule has 1 heterocycles. The van der Waals surface area contributed by atoms with E-state index in [2.05, 4.69) is 0 Å². The van der Waals surface area contributed by atoms with E-state index < -0.39 is 28.7 Å². The molecule has 0 saturated heterocycles. The van der Waals surface area contributed by atoms with Crippen molar-refractivity contribution < 1.29 is 24.2 Å². The van der Waals surface area contributed by atoms with Gasteiger partial charge in [-0.1, -0.05) is 12.1 Å². The van der Waals surface area contributed by atoms with E-state index in [9.17, 15) is 19.5 Å². The van der Waals surface area contributed by atoms with Crippen LogP contribution < -0.4 is 10.3 Å². The Morgan fingerprint density at radius 1 is 1.12 bits per heavy atom. The Kier molecular flexibility index (Phi) is 5.50. The third-order valence-corrected chi connectivity index (χ3v) is 3.46. The first kappa shape index (κ1) is 19.2. The lowest BCUT2D eigenvalue weighted by atomic mass is 10.1. The van der Waals surface area contributed by atoms with E-state index in [1.165, 1.54) is 12.3 Å². The molecule has 0 saturated carbocycles. The number of hydrogen-bond acceptors (Lipinski definition) is 5. The number of aromatic carboxylic acids is 1. The van der Waals surface area contributed by atoms with Gasteiger partial charge in [-0.3, -0.25) is 9.59 Å². The third-order valence-electron chi connectivity index (χ3n) is 3.46. The van der Waals surface area contributed by atoms with Crippen molar-refractivity contribution in [3.8, 4) is 16.9 Å². The van der Waals surface area contributed by atoms with Crippen LogP contribution in [0.2, 0.25) is 0 Å². The maximum Gasteiger partial charge on any atom is 0.341 e. The summed E-state index contributed by atoms with van der Waals surface area (Å²) < 4.78 is 11.4. The second kappa shape index (κ2) is 7.43. The number of hydrogen-bond donors (Lipinski definition) is 1. The van der Waals surface area contributed by atoms with E-state index in [4.69, 9.17) is 9.47 Å². The minimum absolute atomic E-state index is 0.375. The molecular weight excluding hydrogens is 338 g/mol. The average Bonchev–Trinajstić information content (AvgIpc) is 2.54. The number of nitrogens with zero attached hydrogens (tertiary/aromatic N) is 1. The molecule has 2 rings (SSSR count). The number of carboxylic acid groups (broad SMARTS) is 1. The van der Waals surface area contributed by atoms with Crippen molar-refractivity contribution in [3.05, 3.63) is 52.4 Å². The normalized spacial score (nSPS) is 11.1. The molecular formula is C19H21NO6. The SMILES string of the molecule is COc1ccc(-c2cc(C(=O)O)c(=O)n(CC(=O)OC(C)(C)C)c2)cc1. The lowest BCUT2D eigenvalue weighted by Gasteiger charge is -2.20. The smallest absolute Gasteiger partial charge is 0.341 e. The van der Waals surface area contributed by atoms with Crippen LogP contribution in [-0.4, -0.2) is 34.3 Å². The van der Waals surface area contributed by atoms with E-state index in [0.29, 0.717) is 16.9 Å². The van der Waals surface area contributed by atoms with Crippen LogP contribution in [0, 0.1) is 0 Å². The minimum Gasteiger partial charge on any atom is -0.497 e. The van der Waals surface area contributed by atoms with Crippen molar-refractivity contribution in [1.29, 1.82) is 0 Å². The van der Waals surface area contributed by atoms with Crippen molar-refractivity contribution in [2.24, 2.45) is 0 Å². The van der Waals surface area contributed by atoms with E-state index in [1.807, 2.05) is 0 Å². The zero-order valence-electron chi connectivity index (χ0n) is 15.1. The fraction of sp³-hybridized carbons (Fsp3) is 0.316. The Morgan fingerprint density at radius 2 is 1.73 bits per heavy atom. The van der Waals surface area contributed by atoms with Crippen LogP contribution in [0.5, 0.6) is 5.75 Å². The van der Waals surface area contributed by atoms with Crippen LogP contribution in [-0.2, 0) is 16.1 Å².